The van der Waals surface area contributed by atoms with Crippen molar-refractivity contribution in [3.05, 3.63) is 72.9 Å². The van der Waals surface area contributed by atoms with Crippen molar-refractivity contribution in [2.24, 2.45) is 0 Å². The van der Waals surface area contributed by atoms with E-state index in [-0.39, 0.29) is 25.2 Å². The highest BCUT2D eigenvalue weighted by atomic mass is 16.6. The molecule has 0 N–H and O–H groups in total. The van der Waals surface area contributed by atoms with Gasteiger partial charge in [0.25, 0.3) is 0 Å². The summed E-state index contributed by atoms with van der Waals surface area (Å²) in [4.78, 5) is 25.6. The van der Waals surface area contributed by atoms with Crippen LogP contribution in [0.2, 0.25) is 0 Å². The molecule has 0 amide bonds. The monoisotopic (exact) mass is 1030 g/mol. The van der Waals surface area contributed by atoms with Crippen molar-refractivity contribution in [3.8, 4) is 0 Å². The summed E-state index contributed by atoms with van der Waals surface area (Å²) in [5, 5.41) is 0. The second-order valence-corrected chi connectivity index (χ2v) is 21.7. The Hall–Kier alpha value is -2.66. The van der Waals surface area contributed by atoms with Crippen LogP contribution in [0, 0.1) is 0 Å². The highest BCUT2D eigenvalue weighted by Gasteiger charge is 2.18. The van der Waals surface area contributed by atoms with Crippen LogP contribution in [0.15, 0.2) is 72.9 Å². The number of rotatable bonds is 60. The molecule has 0 heterocycles. The molecular formula is C69H124O5. The summed E-state index contributed by atoms with van der Waals surface area (Å²) in [7, 11) is 0. The molecule has 1 unspecified atom stereocenters. The van der Waals surface area contributed by atoms with E-state index >= 15 is 0 Å². The van der Waals surface area contributed by atoms with Crippen molar-refractivity contribution in [2.75, 3.05) is 19.8 Å². The minimum absolute atomic E-state index is 0.0740. The smallest absolute Gasteiger partial charge is 0.306 e. The predicted molar refractivity (Wildman–Crippen MR) is 325 cm³/mol. The van der Waals surface area contributed by atoms with Crippen molar-refractivity contribution in [2.45, 2.75) is 335 Å². The Morgan fingerprint density at radius 1 is 0.297 bits per heavy atom. The first-order valence-corrected chi connectivity index (χ1v) is 32.5. The van der Waals surface area contributed by atoms with Crippen LogP contribution in [-0.4, -0.2) is 37.9 Å². The first kappa shape index (κ1) is 71.3. The summed E-state index contributed by atoms with van der Waals surface area (Å²) in [6.45, 7) is 7.80. The largest absolute Gasteiger partial charge is 0.462 e. The molecule has 0 fully saturated rings. The quantitative estimate of drug-likeness (QED) is 0.0345. The summed E-state index contributed by atoms with van der Waals surface area (Å²) in [5.74, 6) is -0.412. The topological polar surface area (TPSA) is 61.8 Å². The average molecular weight is 1030 g/mol. The molecule has 0 radical (unpaired) electrons. The van der Waals surface area contributed by atoms with Gasteiger partial charge in [0.05, 0.1) is 6.61 Å². The first-order chi connectivity index (χ1) is 36.6. The summed E-state index contributed by atoms with van der Waals surface area (Å²) in [6.07, 6.45) is 85.1. The van der Waals surface area contributed by atoms with E-state index in [0.717, 1.165) is 89.9 Å². The molecule has 0 aromatic rings. The summed E-state index contributed by atoms with van der Waals surface area (Å²) in [6, 6.07) is 0. The van der Waals surface area contributed by atoms with Crippen LogP contribution in [0.4, 0.5) is 0 Å². The Morgan fingerprint density at radius 2 is 0.568 bits per heavy atom. The molecule has 0 aromatic heterocycles. The minimum atomic E-state index is -0.551. The number of esters is 2. The molecule has 0 saturated carbocycles. The maximum Gasteiger partial charge on any atom is 0.306 e. The van der Waals surface area contributed by atoms with E-state index in [9.17, 15) is 9.59 Å². The number of unbranched alkanes of at least 4 members (excludes halogenated alkanes) is 37. The zero-order valence-electron chi connectivity index (χ0n) is 49.6. The molecular weight excluding hydrogens is 909 g/mol. The lowest BCUT2D eigenvalue weighted by Crippen LogP contribution is -2.30. The third-order valence-corrected chi connectivity index (χ3v) is 14.2. The Kier molecular flexibility index (Phi) is 62.3. The summed E-state index contributed by atoms with van der Waals surface area (Å²) < 4.78 is 17.6. The molecule has 0 rings (SSSR count). The number of hydrogen-bond acceptors (Lipinski definition) is 5. The van der Waals surface area contributed by atoms with Gasteiger partial charge < -0.3 is 14.2 Å². The fourth-order valence-corrected chi connectivity index (χ4v) is 9.35. The van der Waals surface area contributed by atoms with Crippen LogP contribution in [0.1, 0.15) is 329 Å². The lowest BCUT2D eigenvalue weighted by molar-refractivity contribution is -0.163. The van der Waals surface area contributed by atoms with Gasteiger partial charge in [-0.3, -0.25) is 9.59 Å². The SMILES string of the molecule is CCCCC/C=C\C/C=C\C/C=C\CCCCCCCCC(=O)OCC(COCCCCCCCCCCCCCCCCCCCCCC)OC(=O)CCCCCCCC/C=C\C/C=C\C/C=C\CCCCC. The number of carbonyl (C=O) groups excluding carboxylic acids is 2. The fraction of sp³-hybridized carbons (Fsp3) is 0.797. The molecule has 0 saturated heterocycles. The molecule has 0 aliphatic carbocycles. The van der Waals surface area contributed by atoms with Gasteiger partial charge >= 0.3 is 11.9 Å². The van der Waals surface area contributed by atoms with Gasteiger partial charge in [-0.1, -0.05) is 293 Å². The van der Waals surface area contributed by atoms with Crippen LogP contribution in [-0.2, 0) is 23.8 Å². The maximum absolute atomic E-state index is 12.9. The molecule has 0 aliphatic rings. The number of ether oxygens (including phenoxy) is 3. The van der Waals surface area contributed by atoms with Crippen LogP contribution in [0.3, 0.4) is 0 Å². The summed E-state index contributed by atoms with van der Waals surface area (Å²) in [5.41, 5.74) is 0. The Morgan fingerprint density at radius 3 is 0.932 bits per heavy atom. The van der Waals surface area contributed by atoms with E-state index in [1.807, 2.05) is 0 Å². The normalized spacial score (nSPS) is 12.6. The number of hydrogen-bond donors (Lipinski definition) is 0. The lowest BCUT2D eigenvalue weighted by atomic mass is 10.0. The number of allylic oxidation sites excluding steroid dienone is 12. The van der Waals surface area contributed by atoms with Gasteiger partial charge in [-0.05, 0) is 96.3 Å². The van der Waals surface area contributed by atoms with Gasteiger partial charge in [-0.25, -0.2) is 0 Å². The van der Waals surface area contributed by atoms with Crippen molar-refractivity contribution in [3.63, 3.8) is 0 Å². The van der Waals surface area contributed by atoms with Gasteiger partial charge in [0.1, 0.15) is 6.61 Å². The average Bonchev–Trinajstić information content (AvgIpc) is 3.40. The van der Waals surface area contributed by atoms with E-state index in [2.05, 4.69) is 93.7 Å². The standard InChI is InChI=1S/C69H124O5/c1-4-7-10-13-16-19-22-25-28-31-34-37-40-43-46-49-52-55-58-61-64-72-65-67(74-69(71)63-60-57-54-51-48-45-42-39-36-33-30-27-24-21-18-15-12-9-6-3)66-73-68(70)62-59-56-53-50-47-44-41-38-35-32-29-26-23-20-17-14-11-8-5-2/h17-18,20-21,26-27,29-30,35-36,38-39,67H,4-16,19,22-25,28,31-34,37,40-66H2,1-3H3/b20-17-,21-18-,29-26-,30-27-,38-35-,39-36-. The zero-order chi connectivity index (χ0) is 53.4. The van der Waals surface area contributed by atoms with Crippen LogP contribution in [0.25, 0.3) is 0 Å². The van der Waals surface area contributed by atoms with Crippen LogP contribution >= 0.6 is 0 Å². The highest BCUT2D eigenvalue weighted by Crippen LogP contribution is 2.17. The Labute approximate surface area is 461 Å². The van der Waals surface area contributed by atoms with Crippen molar-refractivity contribution < 1.29 is 23.8 Å². The molecule has 5 heteroatoms. The molecule has 0 spiro atoms. The van der Waals surface area contributed by atoms with E-state index in [1.165, 1.54) is 205 Å². The van der Waals surface area contributed by atoms with E-state index in [4.69, 9.17) is 14.2 Å². The third-order valence-electron chi connectivity index (χ3n) is 14.2. The molecule has 5 nitrogen and oxygen atoms in total. The molecule has 74 heavy (non-hydrogen) atoms. The van der Waals surface area contributed by atoms with Crippen molar-refractivity contribution in [1.82, 2.24) is 0 Å². The van der Waals surface area contributed by atoms with Gasteiger partial charge in [-0.2, -0.15) is 0 Å². The van der Waals surface area contributed by atoms with Gasteiger partial charge in [0.15, 0.2) is 6.10 Å². The van der Waals surface area contributed by atoms with E-state index in [1.54, 1.807) is 0 Å². The number of carbonyl (C=O) groups is 2. The van der Waals surface area contributed by atoms with Crippen LogP contribution in [0.5, 0.6) is 0 Å². The lowest BCUT2D eigenvalue weighted by Gasteiger charge is -2.18. The van der Waals surface area contributed by atoms with E-state index in [0.29, 0.717) is 19.4 Å². The molecule has 0 aliphatic heterocycles. The zero-order valence-corrected chi connectivity index (χ0v) is 49.6. The fourth-order valence-electron chi connectivity index (χ4n) is 9.35. The third kappa shape index (κ3) is 61.9. The van der Waals surface area contributed by atoms with Crippen LogP contribution < -0.4 is 0 Å². The Balaban J connectivity index is 4.31. The highest BCUT2D eigenvalue weighted by molar-refractivity contribution is 5.70. The first-order valence-electron chi connectivity index (χ1n) is 32.5. The van der Waals surface area contributed by atoms with Gasteiger partial charge in [0, 0.05) is 19.4 Å². The molecule has 0 aromatic carbocycles. The maximum atomic E-state index is 12.9. The van der Waals surface area contributed by atoms with E-state index < -0.39 is 6.10 Å². The van der Waals surface area contributed by atoms with Crippen molar-refractivity contribution >= 4 is 11.9 Å². The predicted octanol–water partition coefficient (Wildman–Crippen LogP) is 22.6. The van der Waals surface area contributed by atoms with Gasteiger partial charge in [-0.15, -0.1) is 0 Å². The van der Waals surface area contributed by atoms with Crippen molar-refractivity contribution in [1.29, 1.82) is 0 Å². The molecule has 1 atom stereocenters. The second-order valence-electron chi connectivity index (χ2n) is 21.7. The molecule has 430 valence electrons. The summed E-state index contributed by atoms with van der Waals surface area (Å²) >= 11 is 0. The Bertz CT molecular complexity index is 1310. The molecule has 0 bridgehead atoms. The minimum Gasteiger partial charge on any atom is -0.462 e. The second kappa shape index (κ2) is 64.6. The van der Waals surface area contributed by atoms with Gasteiger partial charge in [0.2, 0.25) is 0 Å².